The topological polar surface area (TPSA) is 32.3 Å². The summed E-state index contributed by atoms with van der Waals surface area (Å²) in [7, 11) is 0. The van der Waals surface area contributed by atoms with Gasteiger partial charge in [0, 0.05) is 12.1 Å². The van der Waals surface area contributed by atoms with Crippen molar-refractivity contribution in [3.63, 3.8) is 0 Å². The molecule has 0 aliphatic heterocycles. The van der Waals surface area contributed by atoms with Crippen LogP contribution in [0.4, 0.5) is 4.39 Å². The molecule has 1 aromatic rings. The molecule has 0 unspecified atom stereocenters. The molecule has 0 amide bonds. The van der Waals surface area contributed by atoms with Crippen molar-refractivity contribution in [3.8, 4) is 0 Å². The van der Waals surface area contributed by atoms with Gasteiger partial charge in [0.05, 0.1) is 6.61 Å². The Morgan fingerprint density at radius 1 is 1.40 bits per heavy atom. The highest BCUT2D eigenvalue weighted by atomic mass is 19.1. The predicted octanol–water partition coefficient (Wildman–Crippen LogP) is 1.83. The van der Waals surface area contributed by atoms with Crippen LogP contribution in [0.1, 0.15) is 24.8 Å². The van der Waals surface area contributed by atoms with Gasteiger partial charge in [0.25, 0.3) is 0 Å². The fraction of sp³-hybridized carbons (Fsp3) is 0.500. The SMILES string of the molecule is OCC1(NCc2cccc(F)c2)CCC1. The second-order valence-corrected chi connectivity index (χ2v) is 4.28. The fourth-order valence-electron chi connectivity index (χ4n) is 1.93. The third-order valence-corrected chi connectivity index (χ3v) is 3.17. The van der Waals surface area contributed by atoms with Gasteiger partial charge in [0.2, 0.25) is 0 Å². The lowest BCUT2D eigenvalue weighted by atomic mass is 9.77. The number of rotatable bonds is 4. The molecule has 3 heteroatoms. The zero-order valence-corrected chi connectivity index (χ0v) is 8.67. The molecule has 0 aromatic heterocycles. The molecular weight excluding hydrogens is 193 g/mol. The Morgan fingerprint density at radius 2 is 2.20 bits per heavy atom. The van der Waals surface area contributed by atoms with E-state index < -0.39 is 0 Å². The molecule has 2 N–H and O–H groups in total. The van der Waals surface area contributed by atoms with Gasteiger partial charge >= 0.3 is 0 Å². The van der Waals surface area contributed by atoms with Crippen LogP contribution in [0.3, 0.4) is 0 Å². The molecule has 0 bridgehead atoms. The van der Waals surface area contributed by atoms with Gasteiger partial charge in [-0.2, -0.15) is 0 Å². The lowest BCUT2D eigenvalue weighted by Crippen LogP contribution is -2.53. The van der Waals surface area contributed by atoms with Crippen LogP contribution in [0, 0.1) is 5.82 Å². The summed E-state index contributed by atoms with van der Waals surface area (Å²) >= 11 is 0. The number of nitrogens with one attached hydrogen (secondary N) is 1. The van der Waals surface area contributed by atoms with Crippen LogP contribution in [0.2, 0.25) is 0 Å². The molecule has 2 nitrogen and oxygen atoms in total. The van der Waals surface area contributed by atoms with Crippen LogP contribution >= 0.6 is 0 Å². The molecule has 0 spiro atoms. The van der Waals surface area contributed by atoms with Gasteiger partial charge < -0.3 is 10.4 Å². The van der Waals surface area contributed by atoms with Crippen LogP contribution in [0.5, 0.6) is 0 Å². The van der Waals surface area contributed by atoms with Crippen LogP contribution in [0.15, 0.2) is 24.3 Å². The number of hydrogen-bond donors (Lipinski definition) is 2. The minimum atomic E-state index is -0.207. The van der Waals surface area contributed by atoms with E-state index in [1.54, 1.807) is 6.07 Å². The number of benzene rings is 1. The molecule has 1 aliphatic carbocycles. The van der Waals surface area contributed by atoms with Crippen LogP contribution in [-0.2, 0) is 6.54 Å². The molecule has 82 valence electrons. The summed E-state index contributed by atoms with van der Waals surface area (Å²) in [6.45, 7) is 0.792. The molecular formula is C12H16FNO. The van der Waals surface area contributed by atoms with Crippen molar-refractivity contribution < 1.29 is 9.50 Å². The maximum Gasteiger partial charge on any atom is 0.123 e. The van der Waals surface area contributed by atoms with Crippen LogP contribution < -0.4 is 5.32 Å². The van der Waals surface area contributed by atoms with Gasteiger partial charge in [-0.05, 0) is 37.0 Å². The van der Waals surface area contributed by atoms with Crippen molar-refractivity contribution in [1.82, 2.24) is 5.32 Å². The third-order valence-electron chi connectivity index (χ3n) is 3.17. The highest BCUT2D eigenvalue weighted by molar-refractivity contribution is 5.16. The quantitative estimate of drug-likeness (QED) is 0.793. The number of aliphatic hydroxyl groups is 1. The highest BCUT2D eigenvalue weighted by Gasteiger charge is 2.35. The van der Waals surface area contributed by atoms with Gasteiger partial charge in [0.1, 0.15) is 5.82 Å². The third kappa shape index (κ3) is 2.36. The lowest BCUT2D eigenvalue weighted by molar-refractivity contribution is 0.0872. The molecule has 0 atom stereocenters. The van der Waals surface area contributed by atoms with Crippen molar-refractivity contribution in [2.75, 3.05) is 6.61 Å². The van der Waals surface area contributed by atoms with Gasteiger partial charge in [-0.1, -0.05) is 12.1 Å². The summed E-state index contributed by atoms with van der Waals surface area (Å²) in [5.41, 5.74) is 0.821. The summed E-state index contributed by atoms with van der Waals surface area (Å²) < 4.78 is 12.9. The van der Waals surface area contributed by atoms with Crippen molar-refractivity contribution in [3.05, 3.63) is 35.6 Å². The van der Waals surface area contributed by atoms with Gasteiger partial charge in [0.15, 0.2) is 0 Å². The first-order valence-electron chi connectivity index (χ1n) is 5.34. The minimum absolute atomic E-state index is 0.105. The number of aliphatic hydroxyl groups excluding tert-OH is 1. The van der Waals surface area contributed by atoms with E-state index in [0.717, 1.165) is 24.8 Å². The predicted molar refractivity (Wildman–Crippen MR) is 56.9 cm³/mol. The Hall–Kier alpha value is -0.930. The average molecular weight is 209 g/mol. The standard InChI is InChI=1S/C12H16FNO/c13-11-4-1-3-10(7-11)8-14-12(9-15)5-2-6-12/h1,3-4,7,14-15H,2,5-6,8-9H2. The molecule has 1 aliphatic rings. The van der Waals surface area contributed by atoms with E-state index in [0.29, 0.717) is 6.54 Å². The van der Waals surface area contributed by atoms with Gasteiger partial charge in [-0.3, -0.25) is 0 Å². The highest BCUT2D eigenvalue weighted by Crippen LogP contribution is 2.31. The first kappa shape index (κ1) is 10.6. The van der Waals surface area contributed by atoms with E-state index in [2.05, 4.69) is 5.32 Å². The van der Waals surface area contributed by atoms with Crippen molar-refractivity contribution in [2.24, 2.45) is 0 Å². The molecule has 0 heterocycles. The largest absolute Gasteiger partial charge is 0.394 e. The van der Waals surface area contributed by atoms with Crippen LogP contribution in [-0.4, -0.2) is 17.3 Å². The lowest BCUT2D eigenvalue weighted by Gasteiger charge is -2.41. The maximum absolute atomic E-state index is 12.9. The van der Waals surface area contributed by atoms with E-state index >= 15 is 0 Å². The van der Waals surface area contributed by atoms with E-state index in [-0.39, 0.29) is 18.0 Å². The Morgan fingerprint density at radius 3 is 2.73 bits per heavy atom. The molecule has 2 rings (SSSR count). The van der Waals surface area contributed by atoms with E-state index in [9.17, 15) is 9.50 Å². The molecule has 0 radical (unpaired) electrons. The molecule has 1 fully saturated rings. The minimum Gasteiger partial charge on any atom is -0.394 e. The van der Waals surface area contributed by atoms with E-state index in [1.807, 2.05) is 6.07 Å². The fourth-order valence-corrected chi connectivity index (χ4v) is 1.93. The Bertz CT molecular complexity index is 331. The second-order valence-electron chi connectivity index (χ2n) is 4.28. The monoisotopic (exact) mass is 209 g/mol. The smallest absolute Gasteiger partial charge is 0.123 e. The van der Waals surface area contributed by atoms with E-state index in [1.165, 1.54) is 12.1 Å². The normalized spacial score (nSPS) is 18.5. The van der Waals surface area contributed by atoms with Gasteiger partial charge in [-0.25, -0.2) is 4.39 Å². The van der Waals surface area contributed by atoms with Crippen molar-refractivity contribution in [2.45, 2.75) is 31.3 Å². The van der Waals surface area contributed by atoms with Crippen LogP contribution in [0.25, 0.3) is 0 Å². The molecule has 0 saturated heterocycles. The average Bonchev–Trinajstić information content (AvgIpc) is 2.17. The summed E-state index contributed by atoms with van der Waals surface area (Å²) in [6.07, 6.45) is 3.19. The zero-order chi connectivity index (χ0) is 10.7. The zero-order valence-electron chi connectivity index (χ0n) is 8.67. The Labute approximate surface area is 89.1 Å². The number of halogens is 1. The van der Waals surface area contributed by atoms with Crippen molar-refractivity contribution in [1.29, 1.82) is 0 Å². The van der Waals surface area contributed by atoms with Gasteiger partial charge in [-0.15, -0.1) is 0 Å². The molecule has 1 aromatic carbocycles. The maximum atomic E-state index is 12.9. The first-order valence-corrected chi connectivity index (χ1v) is 5.34. The summed E-state index contributed by atoms with van der Waals surface area (Å²) in [6, 6.07) is 6.56. The Kier molecular flexibility index (Phi) is 3.03. The molecule has 15 heavy (non-hydrogen) atoms. The molecule has 1 saturated carbocycles. The van der Waals surface area contributed by atoms with Crippen molar-refractivity contribution >= 4 is 0 Å². The Balaban J connectivity index is 1.92. The summed E-state index contributed by atoms with van der Waals surface area (Å²) in [4.78, 5) is 0. The van der Waals surface area contributed by atoms with E-state index in [4.69, 9.17) is 0 Å². The first-order chi connectivity index (χ1) is 7.24. The number of hydrogen-bond acceptors (Lipinski definition) is 2. The second kappa shape index (κ2) is 4.29. The summed E-state index contributed by atoms with van der Waals surface area (Å²) in [5.74, 6) is -0.207. The summed E-state index contributed by atoms with van der Waals surface area (Å²) in [5, 5.41) is 12.5.